The van der Waals surface area contributed by atoms with E-state index in [9.17, 15) is 8.42 Å². The molecular weight excluding hydrogens is 336 g/mol. The molecule has 0 amide bonds. The lowest BCUT2D eigenvalue weighted by Crippen LogP contribution is -2.60. The zero-order valence-corrected chi connectivity index (χ0v) is 16.4. The largest absolute Gasteiger partial charge is 0.368 e. The lowest BCUT2D eigenvalue weighted by Gasteiger charge is -2.48. The van der Waals surface area contributed by atoms with Crippen LogP contribution in [-0.2, 0) is 10.0 Å². The van der Waals surface area contributed by atoms with Crippen molar-refractivity contribution in [2.45, 2.75) is 51.1 Å². The van der Waals surface area contributed by atoms with Crippen LogP contribution in [-0.4, -0.2) is 60.8 Å². The van der Waals surface area contributed by atoms with Gasteiger partial charge < -0.3 is 4.90 Å². The summed E-state index contributed by atoms with van der Waals surface area (Å²) in [4.78, 5) is 2.36. The van der Waals surface area contributed by atoms with Crippen LogP contribution in [0.2, 0.25) is 0 Å². The summed E-state index contributed by atoms with van der Waals surface area (Å²) in [6, 6.07) is 0. The van der Waals surface area contributed by atoms with E-state index in [0.29, 0.717) is 19.6 Å². The van der Waals surface area contributed by atoms with Crippen molar-refractivity contribution in [1.82, 2.24) is 14.6 Å². The Kier molecular flexibility index (Phi) is 3.64. The fourth-order valence-corrected chi connectivity index (χ4v) is 5.94. The van der Waals surface area contributed by atoms with E-state index >= 15 is 0 Å². The highest BCUT2D eigenvalue weighted by atomic mass is 32.2. The Morgan fingerprint density at radius 2 is 1.96 bits per heavy atom. The third kappa shape index (κ3) is 2.91. The number of rotatable bonds is 3. The minimum Gasteiger partial charge on any atom is -0.368 e. The molecule has 6 nitrogen and oxygen atoms in total. The van der Waals surface area contributed by atoms with Gasteiger partial charge in [0, 0.05) is 36.4 Å². The molecule has 1 saturated carbocycles. The Hall–Kier alpha value is -1.34. The minimum absolute atomic E-state index is 0.125. The highest BCUT2D eigenvalue weighted by Gasteiger charge is 2.45. The number of fused-ring (bicyclic) bond motifs is 1. The van der Waals surface area contributed by atoms with E-state index in [-0.39, 0.29) is 5.54 Å². The van der Waals surface area contributed by atoms with E-state index in [1.165, 1.54) is 35.9 Å². The van der Waals surface area contributed by atoms with Crippen molar-refractivity contribution in [3.05, 3.63) is 22.9 Å². The summed E-state index contributed by atoms with van der Waals surface area (Å²) >= 11 is 0. The average Bonchev–Trinajstić information content (AvgIpc) is 3.25. The molecule has 2 aliphatic heterocycles. The van der Waals surface area contributed by atoms with Crippen molar-refractivity contribution in [1.29, 1.82) is 0 Å². The second-order valence-corrected chi connectivity index (χ2v) is 10.6. The molecule has 0 spiro atoms. The summed E-state index contributed by atoms with van der Waals surface area (Å²) in [6.07, 6.45) is 9.22. The highest BCUT2D eigenvalue weighted by Crippen LogP contribution is 2.46. The highest BCUT2D eigenvalue weighted by molar-refractivity contribution is 7.88. The summed E-state index contributed by atoms with van der Waals surface area (Å²) in [7, 11) is -3.19. The van der Waals surface area contributed by atoms with Gasteiger partial charge in [-0.1, -0.05) is 5.57 Å². The zero-order chi connectivity index (χ0) is 18.0. The van der Waals surface area contributed by atoms with E-state index in [4.69, 9.17) is 0 Å². The summed E-state index contributed by atoms with van der Waals surface area (Å²) in [5.74, 6) is 0.723. The molecule has 1 atom stereocenters. The van der Waals surface area contributed by atoms with Crippen LogP contribution >= 0.6 is 0 Å². The molecule has 4 aliphatic rings. The van der Waals surface area contributed by atoms with Crippen LogP contribution in [0.4, 0.5) is 0 Å². The molecule has 0 bridgehead atoms. The predicted molar refractivity (Wildman–Crippen MR) is 99.7 cm³/mol. The third-order valence-corrected chi connectivity index (χ3v) is 7.40. The first-order valence-electron chi connectivity index (χ1n) is 9.08. The molecule has 2 heterocycles. The van der Waals surface area contributed by atoms with Crippen LogP contribution in [0, 0.1) is 5.92 Å². The van der Waals surface area contributed by atoms with Gasteiger partial charge in [-0.2, -0.15) is 9.41 Å². The van der Waals surface area contributed by atoms with Crippen LogP contribution in [0.25, 0.3) is 0 Å². The van der Waals surface area contributed by atoms with Gasteiger partial charge in [0.1, 0.15) is 0 Å². The van der Waals surface area contributed by atoms with Crippen molar-refractivity contribution in [3.63, 3.8) is 0 Å². The minimum atomic E-state index is -3.19. The van der Waals surface area contributed by atoms with Gasteiger partial charge in [-0.15, -0.1) is 0 Å². The van der Waals surface area contributed by atoms with Gasteiger partial charge in [0.25, 0.3) is 0 Å². The second-order valence-electron chi connectivity index (χ2n) is 8.74. The number of nitrogens with zero attached hydrogens (tertiary/aromatic N) is 3. The molecule has 0 radical (unpaired) electrons. The van der Waals surface area contributed by atoms with Crippen molar-refractivity contribution < 1.29 is 8.42 Å². The molecule has 2 fully saturated rings. The normalized spacial score (nSPS) is 32.5. The first-order chi connectivity index (χ1) is 11.6. The molecule has 1 N–H and O–H groups in total. The van der Waals surface area contributed by atoms with Crippen molar-refractivity contribution in [2.75, 3.05) is 25.9 Å². The Morgan fingerprint density at radius 3 is 2.56 bits per heavy atom. The molecule has 2 aliphatic carbocycles. The number of hydrazone groups is 1. The molecular formula is C18H28N4O2S. The first-order valence-corrected chi connectivity index (χ1v) is 10.9. The first kappa shape index (κ1) is 17.1. The maximum atomic E-state index is 12.1. The predicted octanol–water partition coefficient (Wildman–Crippen LogP) is 1.68. The monoisotopic (exact) mass is 364 g/mol. The van der Waals surface area contributed by atoms with Gasteiger partial charge in [0.2, 0.25) is 10.0 Å². The number of hydrogen-bond acceptors (Lipinski definition) is 5. The van der Waals surface area contributed by atoms with E-state index in [1.807, 2.05) is 20.1 Å². The molecule has 138 valence electrons. The van der Waals surface area contributed by atoms with Gasteiger partial charge in [0.05, 0.1) is 18.0 Å². The van der Waals surface area contributed by atoms with E-state index in [1.54, 1.807) is 4.31 Å². The van der Waals surface area contributed by atoms with Crippen molar-refractivity contribution in [3.8, 4) is 0 Å². The zero-order valence-electron chi connectivity index (χ0n) is 15.5. The lowest BCUT2D eigenvalue weighted by atomic mass is 9.79. The topological polar surface area (TPSA) is 65.0 Å². The summed E-state index contributed by atoms with van der Waals surface area (Å²) in [5, 5.41) is 4.35. The van der Waals surface area contributed by atoms with Gasteiger partial charge in [-0.3, -0.25) is 5.43 Å². The maximum Gasteiger partial charge on any atom is 0.211 e. The summed E-state index contributed by atoms with van der Waals surface area (Å²) < 4.78 is 25.9. The van der Waals surface area contributed by atoms with Gasteiger partial charge in [0.15, 0.2) is 0 Å². The third-order valence-electron chi connectivity index (χ3n) is 5.92. The second kappa shape index (κ2) is 5.33. The Balaban J connectivity index is 1.69. The molecule has 4 rings (SSSR count). The molecule has 0 aromatic rings. The summed E-state index contributed by atoms with van der Waals surface area (Å²) in [5.41, 5.74) is 6.74. The summed E-state index contributed by atoms with van der Waals surface area (Å²) in [6.45, 7) is 8.18. The van der Waals surface area contributed by atoms with E-state index in [2.05, 4.69) is 28.4 Å². The van der Waals surface area contributed by atoms with Gasteiger partial charge in [-0.05, 0) is 52.0 Å². The van der Waals surface area contributed by atoms with Crippen LogP contribution in [0.1, 0.15) is 40.0 Å². The maximum absolute atomic E-state index is 12.1. The Labute approximate surface area is 150 Å². The lowest BCUT2D eigenvalue weighted by molar-refractivity contribution is 0.106. The average molecular weight is 365 g/mol. The molecule has 0 aromatic heterocycles. The van der Waals surface area contributed by atoms with Crippen molar-refractivity contribution in [2.24, 2.45) is 11.0 Å². The van der Waals surface area contributed by atoms with Crippen LogP contribution in [0.3, 0.4) is 0 Å². The van der Waals surface area contributed by atoms with Crippen LogP contribution in [0.5, 0.6) is 0 Å². The standard InChI is InChI=1S/C18H28N4O2S/c1-17(2)12-21(7-8-22(17)25(4,23)24)16-9-14(13-5-6-13)10-18(3)15(16)11-19-20-18/h9,11,13,20H,5-8,10,12H2,1-4H3. The number of piperazine rings is 1. The van der Waals surface area contributed by atoms with Crippen LogP contribution in [0.15, 0.2) is 28.0 Å². The SMILES string of the molecule is CC12CC(C3CC3)=CC(N3CCN(S(C)(=O)=O)C(C)(C)C3)=C1C=NN2. The van der Waals surface area contributed by atoms with Crippen LogP contribution < -0.4 is 5.43 Å². The molecule has 25 heavy (non-hydrogen) atoms. The van der Waals surface area contributed by atoms with Gasteiger partial charge in [-0.25, -0.2) is 8.42 Å². The number of sulfonamides is 1. The smallest absolute Gasteiger partial charge is 0.211 e. The number of hydrogen-bond donors (Lipinski definition) is 1. The fourth-order valence-electron chi connectivity index (χ4n) is 4.58. The molecule has 0 aromatic carbocycles. The van der Waals surface area contributed by atoms with Gasteiger partial charge >= 0.3 is 0 Å². The van der Waals surface area contributed by atoms with E-state index < -0.39 is 15.6 Å². The fraction of sp³-hybridized carbons (Fsp3) is 0.722. The Bertz CT molecular complexity index is 792. The number of nitrogens with one attached hydrogen (secondary N) is 1. The molecule has 1 unspecified atom stereocenters. The van der Waals surface area contributed by atoms with E-state index in [0.717, 1.165) is 12.3 Å². The molecule has 1 saturated heterocycles. The number of allylic oxidation sites excluding steroid dienone is 1. The van der Waals surface area contributed by atoms with Crippen molar-refractivity contribution >= 4 is 16.2 Å². The quantitative estimate of drug-likeness (QED) is 0.828. The Morgan fingerprint density at radius 1 is 1.24 bits per heavy atom. The molecule has 7 heteroatoms.